The van der Waals surface area contributed by atoms with Crippen LogP contribution >= 0.6 is 0 Å². The molecule has 0 aromatic heterocycles. The maximum absolute atomic E-state index is 12.6. The first-order valence-corrected chi connectivity index (χ1v) is 9.54. The second-order valence-electron chi connectivity index (χ2n) is 7.54. The first-order valence-electron chi connectivity index (χ1n) is 9.54. The average Bonchev–Trinajstić information content (AvgIpc) is 3.16. The molecule has 2 heterocycles. The van der Waals surface area contributed by atoms with Crippen molar-refractivity contribution in [1.82, 2.24) is 10.2 Å². The number of likely N-dealkylation sites (tertiary alicyclic amines) is 1. The highest BCUT2D eigenvalue weighted by Crippen LogP contribution is 2.21. The molecule has 1 aromatic carbocycles. The molecule has 0 spiro atoms. The molecule has 25 heavy (non-hydrogen) atoms. The number of nitrogens with one attached hydrogen (secondary N) is 1. The van der Waals surface area contributed by atoms with Crippen LogP contribution in [0.25, 0.3) is 0 Å². The molecule has 1 aromatic rings. The summed E-state index contributed by atoms with van der Waals surface area (Å²) in [6.45, 7) is 6.99. The minimum Gasteiger partial charge on any atom is -0.381 e. The van der Waals surface area contributed by atoms with Crippen LogP contribution in [0.3, 0.4) is 0 Å². The summed E-state index contributed by atoms with van der Waals surface area (Å²) in [5, 5.41) is 3.21. The summed E-state index contributed by atoms with van der Waals surface area (Å²) in [6, 6.07) is 9.87. The van der Waals surface area contributed by atoms with Gasteiger partial charge in [-0.2, -0.15) is 0 Å². The van der Waals surface area contributed by atoms with E-state index in [-0.39, 0.29) is 23.9 Å². The lowest BCUT2D eigenvalue weighted by Crippen LogP contribution is -2.48. The van der Waals surface area contributed by atoms with Gasteiger partial charge < -0.3 is 20.7 Å². The van der Waals surface area contributed by atoms with Gasteiger partial charge in [0, 0.05) is 38.3 Å². The van der Waals surface area contributed by atoms with Gasteiger partial charge in [0.2, 0.25) is 5.91 Å². The van der Waals surface area contributed by atoms with Crippen molar-refractivity contribution in [3.8, 4) is 0 Å². The zero-order valence-corrected chi connectivity index (χ0v) is 15.2. The normalized spacial score (nSPS) is 24.8. The molecule has 2 aliphatic rings. The summed E-state index contributed by atoms with van der Waals surface area (Å²) in [6.07, 6.45) is 3.23. The lowest BCUT2D eigenvalue weighted by Gasteiger charge is -2.34. The summed E-state index contributed by atoms with van der Waals surface area (Å²) in [7, 11) is 0. The Bertz CT molecular complexity index is 537. The van der Waals surface area contributed by atoms with Gasteiger partial charge in [-0.1, -0.05) is 37.3 Å². The number of rotatable bonds is 6. The predicted molar refractivity (Wildman–Crippen MR) is 99.1 cm³/mol. The van der Waals surface area contributed by atoms with Gasteiger partial charge in [0.05, 0.1) is 12.5 Å². The van der Waals surface area contributed by atoms with E-state index in [0.29, 0.717) is 5.92 Å². The molecule has 0 aliphatic carbocycles. The van der Waals surface area contributed by atoms with E-state index in [1.807, 2.05) is 37.3 Å². The Kier molecular flexibility index (Phi) is 6.45. The van der Waals surface area contributed by atoms with Crippen molar-refractivity contribution in [3.05, 3.63) is 35.9 Å². The van der Waals surface area contributed by atoms with E-state index in [1.165, 1.54) is 6.42 Å². The van der Waals surface area contributed by atoms with Crippen LogP contribution in [0.5, 0.6) is 0 Å². The molecule has 0 radical (unpaired) electrons. The molecule has 2 fully saturated rings. The first kappa shape index (κ1) is 18.4. The van der Waals surface area contributed by atoms with E-state index >= 15 is 0 Å². The number of carbonyl (C=O) groups excluding carboxylic acids is 1. The smallest absolute Gasteiger partial charge is 0.224 e. The van der Waals surface area contributed by atoms with Gasteiger partial charge in [-0.25, -0.2) is 0 Å². The fraction of sp³-hybridized carbons (Fsp3) is 0.650. The monoisotopic (exact) mass is 345 g/mol. The predicted octanol–water partition coefficient (Wildman–Crippen LogP) is 1.94. The number of hydrogen-bond donors (Lipinski definition) is 2. The standard InChI is InChI=1S/C20H31N3O2/c1-15(19(21)17-5-3-2-4-6-17)20(24)22-18-7-10-23(11-8-18)13-16-9-12-25-14-16/h2-6,15-16,18-19H,7-14,21H2,1H3,(H,22,24). The van der Waals surface area contributed by atoms with Crippen molar-refractivity contribution in [1.29, 1.82) is 0 Å². The number of carbonyl (C=O) groups is 1. The number of nitrogens with two attached hydrogens (primary N) is 1. The molecule has 3 atom stereocenters. The summed E-state index contributed by atoms with van der Waals surface area (Å²) in [5.74, 6) is 0.532. The number of hydrogen-bond acceptors (Lipinski definition) is 4. The Hall–Kier alpha value is -1.43. The molecule has 2 aliphatic heterocycles. The van der Waals surface area contributed by atoms with Gasteiger partial charge in [-0.15, -0.1) is 0 Å². The van der Waals surface area contributed by atoms with Gasteiger partial charge in [0.1, 0.15) is 0 Å². The summed E-state index contributed by atoms with van der Waals surface area (Å²) < 4.78 is 5.46. The number of ether oxygens (including phenoxy) is 1. The van der Waals surface area contributed by atoms with Gasteiger partial charge in [-0.3, -0.25) is 4.79 Å². The second-order valence-corrected chi connectivity index (χ2v) is 7.54. The van der Waals surface area contributed by atoms with E-state index in [2.05, 4.69) is 10.2 Å². The number of benzene rings is 1. The Morgan fingerprint density at radius 2 is 2.00 bits per heavy atom. The summed E-state index contributed by atoms with van der Waals surface area (Å²) in [4.78, 5) is 15.1. The van der Waals surface area contributed by atoms with E-state index in [1.54, 1.807) is 0 Å². The zero-order chi connectivity index (χ0) is 17.6. The number of nitrogens with zero attached hydrogens (tertiary/aromatic N) is 1. The van der Waals surface area contributed by atoms with Crippen molar-refractivity contribution in [3.63, 3.8) is 0 Å². The topological polar surface area (TPSA) is 67.6 Å². The van der Waals surface area contributed by atoms with Crippen LogP contribution in [-0.4, -0.2) is 49.7 Å². The van der Waals surface area contributed by atoms with Crippen LogP contribution in [0.1, 0.15) is 37.8 Å². The molecule has 3 N–H and O–H groups in total. The van der Waals surface area contributed by atoms with Gasteiger partial charge in [0.25, 0.3) is 0 Å². The first-order chi connectivity index (χ1) is 12.1. The summed E-state index contributed by atoms with van der Waals surface area (Å²) in [5.41, 5.74) is 7.29. The third kappa shape index (κ3) is 5.03. The molecule has 138 valence electrons. The Labute approximate surface area is 150 Å². The van der Waals surface area contributed by atoms with Crippen molar-refractivity contribution in [2.45, 2.75) is 38.3 Å². The maximum Gasteiger partial charge on any atom is 0.224 e. The van der Waals surface area contributed by atoms with Crippen molar-refractivity contribution in [2.75, 3.05) is 32.8 Å². The maximum atomic E-state index is 12.6. The van der Waals surface area contributed by atoms with E-state index < -0.39 is 0 Å². The third-order valence-electron chi connectivity index (χ3n) is 5.61. The van der Waals surface area contributed by atoms with E-state index in [9.17, 15) is 4.79 Å². The molecule has 3 unspecified atom stereocenters. The van der Waals surface area contributed by atoms with E-state index in [0.717, 1.165) is 51.3 Å². The zero-order valence-electron chi connectivity index (χ0n) is 15.2. The van der Waals surface area contributed by atoms with Gasteiger partial charge in [-0.05, 0) is 30.7 Å². The van der Waals surface area contributed by atoms with Crippen LogP contribution in [0.15, 0.2) is 30.3 Å². The van der Waals surface area contributed by atoms with Crippen LogP contribution in [0, 0.1) is 11.8 Å². The quantitative estimate of drug-likeness (QED) is 0.827. The largest absolute Gasteiger partial charge is 0.381 e. The Balaban J connectivity index is 1.42. The summed E-state index contributed by atoms with van der Waals surface area (Å²) >= 11 is 0. The molecule has 3 rings (SSSR count). The highest BCUT2D eigenvalue weighted by atomic mass is 16.5. The van der Waals surface area contributed by atoms with E-state index in [4.69, 9.17) is 10.5 Å². The van der Waals surface area contributed by atoms with Gasteiger partial charge >= 0.3 is 0 Å². The molecule has 2 saturated heterocycles. The molecule has 0 bridgehead atoms. The highest BCUT2D eigenvalue weighted by Gasteiger charge is 2.27. The number of piperidine rings is 1. The van der Waals surface area contributed by atoms with Crippen LogP contribution < -0.4 is 11.1 Å². The molecule has 1 amide bonds. The lowest BCUT2D eigenvalue weighted by atomic mass is 9.93. The SMILES string of the molecule is CC(C(=O)NC1CCN(CC2CCOC2)CC1)C(N)c1ccccc1. The molecule has 0 saturated carbocycles. The fourth-order valence-corrected chi connectivity index (χ4v) is 3.81. The highest BCUT2D eigenvalue weighted by molar-refractivity contribution is 5.79. The minimum atomic E-state index is -0.261. The lowest BCUT2D eigenvalue weighted by molar-refractivity contribution is -0.126. The molecular formula is C20H31N3O2. The van der Waals surface area contributed by atoms with Gasteiger partial charge in [0.15, 0.2) is 0 Å². The Morgan fingerprint density at radius 3 is 2.64 bits per heavy atom. The van der Waals surface area contributed by atoms with Crippen LogP contribution in [0.2, 0.25) is 0 Å². The van der Waals surface area contributed by atoms with Crippen molar-refractivity contribution < 1.29 is 9.53 Å². The van der Waals surface area contributed by atoms with Crippen molar-refractivity contribution in [2.24, 2.45) is 17.6 Å². The minimum absolute atomic E-state index is 0.0685. The number of amides is 1. The second kappa shape index (κ2) is 8.79. The molecule has 5 nitrogen and oxygen atoms in total. The Morgan fingerprint density at radius 1 is 1.28 bits per heavy atom. The van der Waals surface area contributed by atoms with Crippen molar-refractivity contribution >= 4 is 5.91 Å². The third-order valence-corrected chi connectivity index (χ3v) is 5.61. The van der Waals surface area contributed by atoms with Crippen LogP contribution in [-0.2, 0) is 9.53 Å². The average molecular weight is 345 g/mol. The molecular weight excluding hydrogens is 314 g/mol. The van der Waals surface area contributed by atoms with Crippen LogP contribution in [0.4, 0.5) is 0 Å². The fourth-order valence-electron chi connectivity index (χ4n) is 3.81. The molecule has 5 heteroatoms.